The molecule has 0 aliphatic carbocycles. The SMILES string of the molecule is CCCCOc1ccc(C(=O)n2nc(OCC(C)C)nc2-c2cccc(Cl)c2)cc1. The molecule has 0 saturated carbocycles. The van der Waals surface area contributed by atoms with Crippen molar-refractivity contribution in [2.24, 2.45) is 5.92 Å². The summed E-state index contributed by atoms with van der Waals surface area (Å²) in [6.07, 6.45) is 2.05. The molecule has 0 fully saturated rings. The molecule has 30 heavy (non-hydrogen) atoms. The number of unbranched alkanes of at least 4 members (excludes halogenated alkanes) is 1. The topological polar surface area (TPSA) is 66.2 Å². The van der Waals surface area contributed by atoms with Gasteiger partial charge in [0, 0.05) is 16.1 Å². The summed E-state index contributed by atoms with van der Waals surface area (Å²) in [6.45, 7) is 7.29. The fraction of sp³-hybridized carbons (Fsp3) is 0.348. The van der Waals surface area contributed by atoms with Crippen LogP contribution in [0.2, 0.25) is 5.02 Å². The summed E-state index contributed by atoms with van der Waals surface area (Å²) in [5.74, 6) is 1.11. The number of hydrogen-bond donors (Lipinski definition) is 0. The number of ether oxygens (including phenoxy) is 2. The highest BCUT2D eigenvalue weighted by atomic mass is 35.5. The minimum Gasteiger partial charge on any atom is -0.494 e. The van der Waals surface area contributed by atoms with Gasteiger partial charge in [0.15, 0.2) is 5.82 Å². The molecule has 0 spiro atoms. The molecule has 158 valence electrons. The van der Waals surface area contributed by atoms with Gasteiger partial charge in [-0.05, 0) is 48.7 Å². The van der Waals surface area contributed by atoms with E-state index in [1.54, 1.807) is 42.5 Å². The molecule has 3 aromatic rings. The first kappa shape index (κ1) is 21.8. The molecule has 0 aliphatic rings. The summed E-state index contributed by atoms with van der Waals surface area (Å²) in [5, 5.41) is 4.86. The van der Waals surface area contributed by atoms with Crippen LogP contribution in [0.1, 0.15) is 44.0 Å². The first-order valence-corrected chi connectivity index (χ1v) is 10.5. The van der Waals surface area contributed by atoms with E-state index in [0.717, 1.165) is 18.6 Å². The van der Waals surface area contributed by atoms with Crippen molar-refractivity contribution in [1.82, 2.24) is 14.8 Å². The predicted octanol–water partition coefficient (Wildman–Crippen LogP) is 5.50. The van der Waals surface area contributed by atoms with E-state index in [4.69, 9.17) is 21.1 Å². The molecular weight excluding hydrogens is 402 g/mol. The van der Waals surface area contributed by atoms with Crippen molar-refractivity contribution in [2.45, 2.75) is 33.6 Å². The molecule has 3 rings (SSSR count). The van der Waals surface area contributed by atoms with Crippen molar-refractivity contribution in [2.75, 3.05) is 13.2 Å². The van der Waals surface area contributed by atoms with Crippen LogP contribution in [-0.4, -0.2) is 33.9 Å². The number of carbonyl (C=O) groups excluding carboxylic acids is 1. The fourth-order valence-electron chi connectivity index (χ4n) is 2.70. The molecule has 0 amide bonds. The molecule has 2 aromatic carbocycles. The van der Waals surface area contributed by atoms with Gasteiger partial charge in [-0.15, -0.1) is 5.10 Å². The summed E-state index contributed by atoms with van der Waals surface area (Å²) in [4.78, 5) is 17.6. The summed E-state index contributed by atoms with van der Waals surface area (Å²) in [7, 11) is 0. The number of rotatable bonds is 9. The van der Waals surface area contributed by atoms with Crippen molar-refractivity contribution < 1.29 is 14.3 Å². The monoisotopic (exact) mass is 427 g/mol. The Morgan fingerprint density at radius 2 is 1.90 bits per heavy atom. The van der Waals surface area contributed by atoms with Crippen LogP contribution in [0.3, 0.4) is 0 Å². The maximum Gasteiger partial charge on any atom is 0.336 e. The van der Waals surface area contributed by atoms with Gasteiger partial charge in [-0.2, -0.15) is 9.67 Å². The molecule has 0 radical (unpaired) electrons. The van der Waals surface area contributed by atoms with E-state index in [0.29, 0.717) is 41.1 Å². The Balaban J connectivity index is 1.89. The molecule has 0 bridgehead atoms. The first-order valence-electron chi connectivity index (χ1n) is 10.1. The lowest BCUT2D eigenvalue weighted by atomic mass is 10.2. The zero-order valence-electron chi connectivity index (χ0n) is 17.5. The van der Waals surface area contributed by atoms with E-state index in [2.05, 4.69) is 17.0 Å². The molecule has 0 atom stereocenters. The van der Waals surface area contributed by atoms with Gasteiger partial charge in [-0.25, -0.2) is 0 Å². The number of carbonyl (C=O) groups is 1. The largest absolute Gasteiger partial charge is 0.494 e. The van der Waals surface area contributed by atoms with Crippen molar-refractivity contribution in [3.8, 4) is 23.1 Å². The van der Waals surface area contributed by atoms with Gasteiger partial charge >= 0.3 is 6.01 Å². The average Bonchev–Trinajstić information content (AvgIpc) is 3.17. The van der Waals surface area contributed by atoms with Crippen LogP contribution in [0.5, 0.6) is 11.8 Å². The molecule has 0 aliphatic heterocycles. The maximum atomic E-state index is 13.2. The van der Waals surface area contributed by atoms with Gasteiger partial charge in [-0.3, -0.25) is 4.79 Å². The van der Waals surface area contributed by atoms with E-state index in [1.165, 1.54) is 4.68 Å². The van der Waals surface area contributed by atoms with Crippen molar-refractivity contribution in [3.63, 3.8) is 0 Å². The standard InChI is InChI=1S/C23H26ClN3O3/c1-4-5-13-29-20-11-9-17(10-12-20)22(28)27-21(18-7-6-8-19(24)14-18)25-23(26-27)30-15-16(2)3/h6-12,14,16H,4-5,13,15H2,1-3H3. The molecule has 0 N–H and O–H groups in total. The fourth-order valence-corrected chi connectivity index (χ4v) is 2.89. The third kappa shape index (κ3) is 5.60. The summed E-state index contributed by atoms with van der Waals surface area (Å²) < 4.78 is 12.6. The summed E-state index contributed by atoms with van der Waals surface area (Å²) in [5.41, 5.74) is 1.16. The van der Waals surface area contributed by atoms with Crippen LogP contribution in [0.15, 0.2) is 48.5 Å². The lowest BCUT2D eigenvalue weighted by Crippen LogP contribution is -2.15. The van der Waals surface area contributed by atoms with E-state index >= 15 is 0 Å². The number of benzene rings is 2. The Labute approximate surface area is 181 Å². The molecule has 6 nitrogen and oxygen atoms in total. The van der Waals surface area contributed by atoms with Crippen LogP contribution >= 0.6 is 11.6 Å². The Hall–Kier alpha value is -2.86. The lowest BCUT2D eigenvalue weighted by molar-refractivity contribution is 0.0944. The summed E-state index contributed by atoms with van der Waals surface area (Å²) in [6, 6.07) is 14.3. The molecular formula is C23H26ClN3O3. The Kier molecular flexibility index (Phi) is 7.46. The van der Waals surface area contributed by atoms with Gasteiger partial charge < -0.3 is 9.47 Å². The summed E-state index contributed by atoms with van der Waals surface area (Å²) >= 11 is 6.14. The van der Waals surface area contributed by atoms with Gasteiger partial charge in [-0.1, -0.05) is 50.9 Å². The quantitative estimate of drug-likeness (QED) is 0.422. The number of hydrogen-bond acceptors (Lipinski definition) is 5. The predicted molar refractivity (Wildman–Crippen MR) is 117 cm³/mol. The van der Waals surface area contributed by atoms with Crippen LogP contribution < -0.4 is 9.47 Å². The maximum absolute atomic E-state index is 13.2. The highest BCUT2D eigenvalue weighted by molar-refractivity contribution is 6.30. The molecule has 1 aromatic heterocycles. The smallest absolute Gasteiger partial charge is 0.336 e. The van der Waals surface area contributed by atoms with Crippen LogP contribution in [0.25, 0.3) is 11.4 Å². The lowest BCUT2D eigenvalue weighted by Gasteiger charge is -2.07. The second-order valence-electron chi connectivity index (χ2n) is 7.38. The van der Waals surface area contributed by atoms with E-state index < -0.39 is 0 Å². The second kappa shape index (κ2) is 10.3. The van der Waals surface area contributed by atoms with Crippen LogP contribution in [-0.2, 0) is 0 Å². The highest BCUT2D eigenvalue weighted by Gasteiger charge is 2.20. The minimum atomic E-state index is -0.308. The third-order valence-electron chi connectivity index (χ3n) is 4.28. The Morgan fingerprint density at radius 1 is 1.13 bits per heavy atom. The second-order valence-corrected chi connectivity index (χ2v) is 7.81. The zero-order chi connectivity index (χ0) is 21.5. The van der Waals surface area contributed by atoms with Gasteiger partial charge in [0.1, 0.15) is 5.75 Å². The number of halogens is 1. The third-order valence-corrected chi connectivity index (χ3v) is 4.51. The number of aromatic nitrogens is 3. The van der Waals surface area contributed by atoms with Crippen molar-refractivity contribution in [1.29, 1.82) is 0 Å². The highest BCUT2D eigenvalue weighted by Crippen LogP contribution is 2.24. The van der Waals surface area contributed by atoms with E-state index in [9.17, 15) is 4.79 Å². The molecule has 1 heterocycles. The van der Waals surface area contributed by atoms with Gasteiger partial charge in [0.05, 0.1) is 13.2 Å². The van der Waals surface area contributed by atoms with Crippen LogP contribution in [0.4, 0.5) is 0 Å². The Morgan fingerprint density at radius 3 is 2.57 bits per heavy atom. The minimum absolute atomic E-state index is 0.159. The van der Waals surface area contributed by atoms with Gasteiger partial charge in [0.25, 0.3) is 5.91 Å². The Bertz CT molecular complexity index is 984. The first-order chi connectivity index (χ1) is 14.5. The average molecular weight is 428 g/mol. The molecule has 0 saturated heterocycles. The van der Waals surface area contributed by atoms with Crippen molar-refractivity contribution in [3.05, 3.63) is 59.1 Å². The number of nitrogens with zero attached hydrogens (tertiary/aromatic N) is 3. The van der Waals surface area contributed by atoms with Crippen LogP contribution in [0, 0.1) is 5.92 Å². The van der Waals surface area contributed by atoms with E-state index in [1.807, 2.05) is 19.9 Å². The molecule has 7 heteroatoms. The van der Waals surface area contributed by atoms with Gasteiger partial charge in [0.2, 0.25) is 0 Å². The molecule has 0 unspecified atom stereocenters. The zero-order valence-corrected chi connectivity index (χ0v) is 18.2. The normalized spacial score (nSPS) is 11.0. The van der Waals surface area contributed by atoms with E-state index in [-0.39, 0.29) is 11.9 Å². The van der Waals surface area contributed by atoms with Crippen molar-refractivity contribution >= 4 is 17.5 Å².